The second-order valence-corrected chi connectivity index (χ2v) is 2.44. The Balaban J connectivity index is 2.31. The molecule has 0 aromatic carbocycles. The van der Waals surface area contributed by atoms with Gasteiger partial charge in [0.15, 0.2) is 5.88 Å². The highest BCUT2D eigenvalue weighted by atomic mass is 16.5. The van der Waals surface area contributed by atoms with Crippen molar-refractivity contribution in [2.24, 2.45) is 0 Å². The van der Waals surface area contributed by atoms with Gasteiger partial charge in [-0.05, 0) is 13.0 Å². The lowest BCUT2D eigenvalue weighted by atomic mass is 10.2. The summed E-state index contributed by atoms with van der Waals surface area (Å²) in [6.45, 7) is 2.13. The Hall–Kier alpha value is -1.18. The van der Waals surface area contributed by atoms with Crippen molar-refractivity contribution >= 4 is 0 Å². The minimum atomic E-state index is 0.429. The first-order valence-electron chi connectivity index (χ1n) is 3.38. The van der Waals surface area contributed by atoms with Gasteiger partial charge in [0.05, 0.1) is 6.04 Å². The summed E-state index contributed by atoms with van der Waals surface area (Å²) in [5.74, 6) is 0.926. The summed E-state index contributed by atoms with van der Waals surface area (Å²) >= 11 is 0. The van der Waals surface area contributed by atoms with Crippen molar-refractivity contribution in [1.29, 1.82) is 0 Å². The minimum absolute atomic E-state index is 0.429. The Morgan fingerprint density at radius 3 is 3.30 bits per heavy atom. The van der Waals surface area contributed by atoms with Gasteiger partial charge in [0, 0.05) is 6.20 Å². The van der Waals surface area contributed by atoms with Gasteiger partial charge in [0.25, 0.3) is 0 Å². The molecule has 0 saturated carbocycles. The molecule has 52 valence electrons. The van der Waals surface area contributed by atoms with Crippen molar-refractivity contribution in [1.82, 2.24) is 4.90 Å². The van der Waals surface area contributed by atoms with Crippen molar-refractivity contribution in [2.45, 2.75) is 13.0 Å². The Morgan fingerprint density at radius 2 is 2.50 bits per heavy atom. The fraction of sp³-hybridized carbons (Fsp3) is 0.250. The quantitative estimate of drug-likeness (QED) is 0.500. The van der Waals surface area contributed by atoms with Crippen LogP contribution in [0.3, 0.4) is 0 Å². The molecule has 1 unspecified atom stereocenters. The molecule has 0 aromatic heterocycles. The average molecular weight is 135 g/mol. The van der Waals surface area contributed by atoms with Crippen molar-refractivity contribution < 1.29 is 4.74 Å². The number of hydrogen-bond acceptors (Lipinski definition) is 2. The zero-order chi connectivity index (χ0) is 6.97. The number of fused-ring (bicyclic) bond motifs is 1. The molecule has 0 aliphatic carbocycles. The highest BCUT2D eigenvalue weighted by Gasteiger charge is 2.19. The average Bonchev–Trinajstić information content (AvgIpc) is 2.36. The van der Waals surface area contributed by atoms with Gasteiger partial charge >= 0.3 is 0 Å². The van der Waals surface area contributed by atoms with E-state index in [1.807, 2.05) is 18.4 Å². The monoisotopic (exact) mass is 135 g/mol. The van der Waals surface area contributed by atoms with Crippen LogP contribution in [-0.4, -0.2) is 10.9 Å². The topological polar surface area (TPSA) is 12.5 Å². The van der Waals surface area contributed by atoms with Crippen LogP contribution in [-0.2, 0) is 4.74 Å². The fourth-order valence-electron chi connectivity index (χ4n) is 1.15. The van der Waals surface area contributed by atoms with Crippen LogP contribution in [0.4, 0.5) is 0 Å². The Kier molecular flexibility index (Phi) is 1.07. The van der Waals surface area contributed by atoms with Crippen LogP contribution in [0.2, 0.25) is 0 Å². The third-order valence-corrected chi connectivity index (χ3v) is 1.73. The van der Waals surface area contributed by atoms with E-state index in [1.54, 1.807) is 6.26 Å². The van der Waals surface area contributed by atoms with E-state index >= 15 is 0 Å². The predicted octanol–water partition coefficient (Wildman–Crippen LogP) is 1.59. The van der Waals surface area contributed by atoms with Gasteiger partial charge in [-0.25, -0.2) is 0 Å². The summed E-state index contributed by atoms with van der Waals surface area (Å²) in [4.78, 5) is 2.08. The van der Waals surface area contributed by atoms with Crippen molar-refractivity contribution in [3.63, 3.8) is 0 Å². The summed E-state index contributed by atoms with van der Waals surface area (Å²) in [7, 11) is 0. The highest BCUT2D eigenvalue weighted by Crippen LogP contribution is 2.22. The third-order valence-electron chi connectivity index (χ3n) is 1.73. The Labute approximate surface area is 60.1 Å². The molecule has 0 bridgehead atoms. The lowest BCUT2D eigenvalue weighted by Crippen LogP contribution is -2.24. The standard InChI is InChI=1S/C8H9NO/c1-7-3-2-4-8-9(7)5-6-10-8/h2-7H,1H3. The number of ether oxygens (including phenoxy) is 1. The van der Waals surface area contributed by atoms with Gasteiger partial charge in [-0.15, -0.1) is 0 Å². The largest absolute Gasteiger partial charge is 0.447 e. The predicted molar refractivity (Wildman–Crippen MR) is 38.7 cm³/mol. The number of allylic oxidation sites excluding steroid dienone is 2. The summed E-state index contributed by atoms with van der Waals surface area (Å²) < 4.78 is 5.18. The van der Waals surface area contributed by atoms with Gasteiger partial charge in [-0.2, -0.15) is 0 Å². The Bertz CT molecular complexity index is 227. The van der Waals surface area contributed by atoms with E-state index in [-0.39, 0.29) is 0 Å². The lowest BCUT2D eigenvalue weighted by molar-refractivity contribution is 0.253. The molecule has 0 amide bonds. The van der Waals surface area contributed by atoms with E-state index in [0.717, 1.165) is 5.88 Å². The first-order valence-corrected chi connectivity index (χ1v) is 3.38. The fourth-order valence-corrected chi connectivity index (χ4v) is 1.15. The van der Waals surface area contributed by atoms with Gasteiger partial charge in [-0.1, -0.05) is 12.2 Å². The van der Waals surface area contributed by atoms with E-state index in [9.17, 15) is 0 Å². The molecular formula is C8H9NO. The Morgan fingerprint density at radius 1 is 1.60 bits per heavy atom. The third kappa shape index (κ3) is 0.652. The smallest absolute Gasteiger partial charge is 0.199 e. The molecule has 1 atom stereocenters. The zero-order valence-electron chi connectivity index (χ0n) is 5.82. The maximum Gasteiger partial charge on any atom is 0.199 e. The van der Waals surface area contributed by atoms with Gasteiger partial charge in [-0.3, -0.25) is 0 Å². The molecule has 0 N–H and O–H groups in total. The molecular weight excluding hydrogens is 126 g/mol. The minimum Gasteiger partial charge on any atom is -0.447 e. The van der Waals surface area contributed by atoms with E-state index in [2.05, 4.69) is 17.9 Å². The summed E-state index contributed by atoms with van der Waals surface area (Å²) in [5, 5.41) is 0. The second-order valence-electron chi connectivity index (χ2n) is 2.44. The van der Waals surface area contributed by atoms with Gasteiger partial charge in [0.1, 0.15) is 6.26 Å². The van der Waals surface area contributed by atoms with Crippen LogP contribution in [0.1, 0.15) is 6.92 Å². The molecule has 0 fully saturated rings. The van der Waals surface area contributed by atoms with Crippen molar-refractivity contribution in [3.8, 4) is 0 Å². The molecule has 10 heavy (non-hydrogen) atoms. The maximum absolute atomic E-state index is 5.18. The van der Waals surface area contributed by atoms with E-state index < -0.39 is 0 Å². The SMILES string of the molecule is CC1C=CC=C2OC=CN21. The molecule has 0 aromatic rings. The number of hydrogen-bond donors (Lipinski definition) is 0. The van der Waals surface area contributed by atoms with E-state index in [1.165, 1.54) is 0 Å². The number of rotatable bonds is 0. The molecule has 0 saturated heterocycles. The first-order chi connectivity index (χ1) is 4.88. The van der Waals surface area contributed by atoms with E-state index in [0.29, 0.717) is 6.04 Å². The van der Waals surface area contributed by atoms with Crippen LogP contribution in [0.15, 0.2) is 36.6 Å². The molecule has 2 heteroatoms. The molecule has 2 rings (SSSR count). The summed E-state index contributed by atoms with van der Waals surface area (Å²) in [6.07, 6.45) is 9.75. The van der Waals surface area contributed by atoms with Crippen molar-refractivity contribution in [3.05, 3.63) is 36.6 Å². The highest BCUT2D eigenvalue weighted by molar-refractivity contribution is 5.21. The van der Waals surface area contributed by atoms with Crippen molar-refractivity contribution in [2.75, 3.05) is 0 Å². The van der Waals surface area contributed by atoms with Crippen LogP contribution in [0.25, 0.3) is 0 Å². The lowest BCUT2D eigenvalue weighted by Gasteiger charge is -2.23. The summed E-state index contributed by atoms with van der Waals surface area (Å²) in [6, 6.07) is 0.429. The maximum atomic E-state index is 5.18. The first kappa shape index (κ1) is 5.59. The molecule has 2 aliphatic rings. The molecule has 0 spiro atoms. The molecule has 2 heterocycles. The van der Waals surface area contributed by atoms with Gasteiger partial charge < -0.3 is 9.64 Å². The second kappa shape index (κ2) is 1.90. The van der Waals surface area contributed by atoms with Gasteiger partial charge in [0.2, 0.25) is 0 Å². The van der Waals surface area contributed by atoms with Crippen LogP contribution >= 0.6 is 0 Å². The molecule has 2 nitrogen and oxygen atoms in total. The van der Waals surface area contributed by atoms with Crippen LogP contribution in [0.5, 0.6) is 0 Å². The zero-order valence-corrected chi connectivity index (χ0v) is 5.82. The number of nitrogens with zero attached hydrogens (tertiary/aromatic N) is 1. The van der Waals surface area contributed by atoms with E-state index in [4.69, 9.17) is 4.74 Å². The summed E-state index contributed by atoms with van der Waals surface area (Å²) in [5.41, 5.74) is 0. The van der Waals surface area contributed by atoms with Crippen LogP contribution < -0.4 is 0 Å². The normalized spacial score (nSPS) is 27.9. The van der Waals surface area contributed by atoms with Crippen LogP contribution in [0, 0.1) is 0 Å². The molecule has 0 radical (unpaired) electrons. The molecule has 2 aliphatic heterocycles.